The molecular formula is C19H17N2O3S2+. The normalized spacial score (nSPS) is 16.2. The predicted molar refractivity (Wildman–Crippen MR) is 103 cm³/mol. The number of ether oxygens (including phenoxy) is 1. The van der Waals surface area contributed by atoms with E-state index in [0.717, 1.165) is 21.0 Å². The van der Waals surface area contributed by atoms with Gasteiger partial charge in [0.1, 0.15) is 11.1 Å². The molecule has 0 saturated carbocycles. The van der Waals surface area contributed by atoms with Gasteiger partial charge in [-0.3, -0.25) is 0 Å². The molecule has 0 radical (unpaired) electrons. The SMILES string of the molecule is CC1(C)Cc2c(sc3c2c(=O)n(-c2ccccc2)c2scc(O)[n+]32)CO1. The summed E-state index contributed by atoms with van der Waals surface area (Å²) in [7, 11) is 0. The van der Waals surface area contributed by atoms with Crippen molar-refractivity contribution in [1.29, 1.82) is 0 Å². The number of rotatable bonds is 1. The molecule has 3 aromatic heterocycles. The number of nitrogens with zero attached hydrogens (tertiary/aromatic N) is 2. The Balaban J connectivity index is 1.97. The largest absolute Gasteiger partial charge is 0.477 e. The monoisotopic (exact) mass is 385 g/mol. The molecule has 0 bridgehead atoms. The highest BCUT2D eigenvalue weighted by Gasteiger charge is 2.35. The second-order valence-corrected chi connectivity index (χ2v) is 9.02. The van der Waals surface area contributed by atoms with E-state index in [1.54, 1.807) is 14.3 Å². The summed E-state index contributed by atoms with van der Waals surface area (Å²) in [6.07, 6.45) is 0.684. The van der Waals surface area contributed by atoms with Crippen LogP contribution in [0.5, 0.6) is 5.88 Å². The summed E-state index contributed by atoms with van der Waals surface area (Å²) in [5.41, 5.74) is 1.51. The summed E-state index contributed by atoms with van der Waals surface area (Å²) in [5.74, 6) is 0.151. The number of fused-ring (bicyclic) bond motifs is 5. The lowest BCUT2D eigenvalue weighted by Gasteiger charge is -2.29. The standard InChI is InChI=1S/C19H16N2O3S2/c1-19(2)8-12-13(9-24-19)26-17-15(12)16(23)20(11-6-4-3-5-7-11)18-21(17)14(22)10-25-18/h3-7,10H,8-9H2,1-2H3/p+1. The summed E-state index contributed by atoms with van der Waals surface area (Å²) >= 11 is 2.90. The third-order valence-corrected chi connectivity index (χ3v) is 6.88. The van der Waals surface area contributed by atoms with Crippen molar-refractivity contribution in [3.63, 3.8) is 0 Å². The molecule has 0 aliphatic carbocycles. The van der Waals surface area contributed by atoms with Gasteiger partial charge >= 0.3 is 10.5 Å². The van der Waals surface area contributed by atoms with Crippen LogP contribution in [0.2, 0.25) is 0 Å². The first-order valence-electron chi connectivity index (χ1n) is 8.37. The maximum atomic E-state index is 13.5. The minimum Gasteiger partial charge on any atom is -0.477 e. The zero-order valence-corrected chi connectivity index (χ0v) is 16.0. The fraction of sp³-hybridized carbons (Fsp3) is 0.263. The number of aromatic nitrogens is 2. The van der Waals surface area contributed by atoms with E-state index in [4.69, 9.17) is 4.74 Å². The lowest BCUT2D eigenvalue weighted by molar-refractivity contribution is -0.489. The molecule has 1 aliphatic heterocycles. The van der Waals surface area contributed by atoms with Crippen LogP contribution < -0.4 is 9.96 Å². The number of thiophene rings is 1. The van der Waals surface area contributed by atoms with Crippen LogP contribution in [0.3, 0.4) is 0 Å². The highest BCUT2D eigenvalue weighted by molar-refractivity contribution is 7.18. The van der Waals surface area contributed by atoms with Gasteiger partial charge in [-0.15, -0.1) is 8.97 Å². The fourth-order valence-corrected chi connectivity index (χ4v) is 5.76. The smallest absolute Gasteiger partial charge is 0.358 e. The molecule has 0 spiro atoms. The van der Waals surface area contributed by atoms with Crippen LogP contribution in [0.25, 0.3) is 20.9 Å². The predicted octanol–water partition coefficient (Wildman–Crippen LogP) is 3.41. The fourth-order valence-electron chi connectivity index (χ4n) is 3.57. The van der Waals surface area contributed by atoms with E-state index >= 15 is 0 Å². The quantitative estimate of drug-likeness (QED) is 0.511. The molecule has 0 unspecified atom stereocenters. The van der Waals surface area contributed by atoms with Gasteiger partial charge in [0.25, 0.3) is 5.88 Å². The van der Waals surface area contributed by atoms with E-state index in [1.165, 1.54) is 22.7 Å². The number of thiazole rings is 1. The maximum Gasteiger partial charge on any atom is 0.358 e. The number of aromatic hydroxyl groups is 1. The molecule has 1 aromatic carbocycles. The molecule has 26 heavy (non-hydrogen) atoms. The highest BCUT2D eigenvalue weighted by atomic mass is 32.1. The van der Waals surface area contributed by atoms with Gasteiger partial charge < -0.3 is 9.84 Å². The molecule has 7 heteroatoms. The van der Waals surface area contributed by atoms with Gasteiger partial charge in [0.15, 0.2) is 0 Å². The van der Waals surface area contributed by atoms with Crippen molar-refractivity contribution in [3.8, 4) is 11.6 Å². The number of hydrogen-bond acceptors (Lipinski definition) is 5. The average molecular weight is 385 g/mol. The topological polar surface area (TPSA) is 55.6 Å². The van der Waals surface area contributed by atoms with Crippen LogP contribution in [0.4, 0.5) is 0 Å². The second kappa shape index (κ2) is 5.39. The van der Waals surface area contributed by atoms with Crippen molar-refractivity contribution in [2.45, 2.75) is 32.5 Å². The Morgan fingerprint density at radius 3 is 2.81 bits per heavy atom. The number of benzene rings is 1. The van der Waals surface area contributed by atoms with E-state index < -0.39 is 0 Å². The zero-order valence-electron chi connectivity index (χ0n) is 14.4. The van der Waals surface area contributed by atoms with Crippen LogP contribution >= 0.6 is 22.7 Å². The van der Waals surface area contributed by atoms with E-state index in [9.17, 15) is 9.90 Å². The van der Waals surface area contributed by atoms with Crippen molar-refractivity contribution < 1.29 is 14.2 Å². The Kier molecular flexibility index (Phi) is 3.31. The summed E-state index contributed by atoms with van der Waals surface area (Å²) in [6, 6.07) is 9.58. The summed E-state index contributed by atoms with van der Waals surface area (Å²) < 4.78 is 9.41. The highest BCUT2D eigenvalue weighted by Crippen LogP contribution is 2.37. The van der Waals surface area contributed by atoms with Crippen LogP contribution in [0.1, 0.15) is 24.3 Å². The Labute approximate surface area is 157 Å². The molecule has 132 valence electrons. The van der Waals surface area contributed by atoms with E-state index in [1.807, 2.05) is 44.2 Å². The van der Waals surface area contributed by atoms with E-state index in [-0.39, 0.29) is 17.0 Å². The van der Waals surface area contributed by atoms with Gasteiger partial charge in [0, 0.05) is 11.3 Å². The summed E-state index contributed by atoms with van der Waals surface area (Å²) in [6.45, 7) is 4.59. The zero-order chi connectivity index (χ0) is 18.1. The van der Waals surface area contributed by atoms with E-state index in [2.05, 4.69) is 0 Å². The average Bonchev–Trinajstić information content (AvgIpc) is 3.16. The summed E-state index contributed by atoms with van der Waals surface area (Å²) in [4.78, 5) is 16.1. The third-order valence-electron chi connectivity index (χ3n) is 4.78. The molecule has 4 aromatic rings. The van der Waals surface area contributed by atoms with E-state index in [0.29, 0.717) is 23.4 Å². The van der Waals surface area contributed by atoms with Crippen molar-refractivity contribution in [2.24, 2.45) is 0 Å². The first-order valence-corrected chi connectivity index (χ1v) is 10.1. The lowest BCUT2D eigenvalue weighted by Crippen LogP contribution is -2.34. The Hall–Kier alpha value is -2.22. The van der Waals surface area contributed by atoms with Crippen LogP contribution in [-0.2, 0) is 17.8 Å². The molecule has 1 N–H and O–H groups in total. The van der Waals surface area contributed by atoms with Crippen molar-refractivity contribution in [1.82, 2.24) is 4.57 Å². The Morgan fingerprint density at radius 1 is 1.27 bits per heavy atom. The molecule has 0 fully saturated rings. The molecule has 0 saturated heterocycles. The Bertz CT molecular complexity index is 1220. The molecule has 0 atom stereocenters. The van der Waals surface area contributed by atoms with Crippen molar-refractivity contribution >= 4 is 37.9 Å². The maximum absolute atomic E-state index is 13.5. The van der Waals surface area contributed by atoms with Gasteiger partial charge in [-0.2, -0.15) is 0 Å². The minimum atomic E-state index is -0.304. The van der Waals surface area contributed by atoms with Crippen LogP contribution in [-0.4, -0.2) is 15.3 Å². The van der Waals surface area contributed by atoms with Gasteiger partial charge in [0.2, 0.25) is 4.83 Å². The van der Waals surface area contributed by atoms with Crippen molar-refractivity contribution in [3.05, 3.63) is 56.5 Å². The number of para-hydroxylation sites is 1. The Morgan fingerprint density at radius 2 is 2.04 bits per heavy atom. The minimum absolute atomic E-state index is 0.0387. The molecule has 1 aliphatic rings. The van der Waals surface area contributed by atoms with Crippen LogP contribution in [0.15, 0.2) is 40.5 Å². The molecule has 5 nitrogen and oxygen atoms in total. The van der Waals surface area contributed by atoms with Gasteiger partial charge in [-0.1, -0.05) is 29.5 Å². The van der Waals surface area contributed by atoms with Gasteiger partial charge in [0.05, 0.1) is 17.6 Å². The molecular weight excluding hydrogens is 368 g/mol. The number of hydrogen-bond donors (Lipinski definition) is 1. The molecule has 5 rings (SSSR count). The molecule has 4 heterocycles. The van der Waals surface area contributed by atoms with Gasteiger partial charge in [-0.05, 0) is 42.9 Å². The summed E-state index contributed by atoms with van der Waals surface area (Å²) in [5, 5.41) is 12.8. The second-order valence-electron chi connectivity index (χ2n) is 7.10. The first kappa shape index (κ1) is 16.0. The third kappa shape index (κ3) is 2.17. The first-order chi connectivity index (χ1) is 12.5. The van der Waals surface area contributed by atoms with Gasteiger partial charge in [-0.25, -0.2) is 4.79 Å². The van der Waals surface area contributed by atoms with Crippen molar-refractivity contribution in [2.75, 3.05) is 0 Å². The lowest BCUT2D eigenvalue weighted by atomic mass is 9.94. The van der Waals surface area contributed by atoms with Crippen LogP contribution in [0, 0.1) is 0 Å². The molecule has 0 amide bonds.